The highest BCUT2D eigenvalue weighted by Crippen LogP contribution is 2.19. The summed E-state index contributed by atoms with van der Waals surface area (Å²) in [5, 5.41) is 9.46. The summed E-state index contributed by atoms with van der Waals surface area (Å²) in [6, 6.07) is 0.0908. The number of allylic oxidation sites excluding steroid dienone is 1. The molecular formula is C9H13NO2. The molecule has 1 heterocycles. The Morgan fingerprint density at radius 2 is 2.25 bits per heavy atom. The summed E-state index contributed by atoms with van der Waals surface area (Å²) in [6.45, 7) is 5.11. The Labute approximate surface area is 71.8 Å². The lowest BCUT2D eigenvalue weighted by atomic mass is 9.99. The van der Waals surface area contributed by atoms with Gasteiger partial charge in [-0.1, -0.05) is 0 Å². The minimum Gasteiger partial charge on any atom is -0.511 e. The van der Waals surface area contributed by atoms with Gasteiger partial charge in [0.05, 0.1) is 11.6 Å². The third-order valence-corrected chi connectivity index (χ3v) is 1.91. The van der Waals surface area contributed by atoms with Gasteiger partial charge >= 0.3 is 0 Å². The molecule has 12 heavy (non-hydrogen) atoms. The molecule has 0 aromatic heterocycles. The normalized spacial score (nSPS) is 23.9. The summed E-state index contributed by atoms with van der Waals surface area (Å²) < 4.78 is 0. The third-order valence-electron chi connectivity index (χ3n) is 1.91. The molecule has 1 aliphatic heterocycles. The van der Waals surface area contributed by atoms with E-state index in [2.05, 4.69) is 4.99 Å². The van der Waals surface area contributed by atoms with Gasteiger partial charge in [-0.05, 0) is 20.8 Å². The predicted octanol–water partition coefficient (Wildman–Crippen LogP) is 1.64. The van der Waals surface area contributed by atoms with Crippen molar-refractivity contribution in [1.82, 2.24) is 0 Å². The zero-order valence-corrected chi connectivity index (χ0v) is 7.59. The van der Waals surface area contributed by atoms with Crippen LogP contribution in [-0.2, 0) is 4.79 Å². The lowest BCUT2D eigenvalue weighted by Gasteiger charge is -2.17. The highest BCUT2D eigenvalue weighted by atomic mass is 16.3. The number of dihydropyridines is 1. The molecule has 0 unspecified atom stereocenters. The number of aliphatic imine (C=N–C) groups is 1. The molecule has 0 spiro atoms. The first-order valence-electron chi connectivity index (χ1n) is 4.00. The minimum absolute atomic E-state index is 0.0908. The summed E-state index contributed by atoms with van der Waals surface area (Å²) in [5.41, 5.74) is 1.05. The molecule has 0 saturated carbocycles. The summed E-state index contributed by atoms with van der Waals surface area (Å²) >= 11 is 0. The number of carbonyl (C=O) groups is 1. The lowest BCUT2D eigenvalue weighted by Crippen LogP contribution is -2.19. The molecule has 0 aliphatic carbocycles. The van der Waals surface area contributed by atoms with E-state index in [4.69, 9.17) is 0 Å². The molecule has 0 aromatic carbocycles. The molecule has 0 saturated heterocycles. The van der Waals surface area contributed by atoms with Gasteiger partial charge in [0.25, 0.3) is 0 Å². The molecule has 1 aliphatic rings. The fourth-order valence-corrected chi connectivity index (χ4v) is 1.49. The van der Waals surface area contributed by atoms with Crippen LogP contribution >= 0.6 is 0 Å². The molecule has 1 atom stereocenters. The van der Waals surface area contributed by atoms with Crippen molar-refractivity contribution < 1.29 is 9.90 Å². The van der Waals surface area contributed by atoms with Gasteiger partial charge in [0.2, 0.25) is 0 Å². The Balaban J connectivity index is 3.05. The highest BCUT2D eigenvalue weighted by molar-refractivity contribution is 6.21. The number of Topliss-reactive ketones (excluding diaryl/α,β-unsaturated/α-hetero) is 1. The van der Waals surface area contributed by atoms with Crippen molar-refractivity contribution in [2.75, 3.05) is 0 Å². The Morgan fingerprint density at radius 3 is 2.67 bits per heavy atom. The molecule has 1 N–H and O–H groups in total. The van der Waals surface area contributed by atoms with Crippen molar-refractivity contribution >= 4 is 11.5 Å². The standard InChI is InChI=1S/C9H13NO2/c1-5-4-8(12)9(7(3)11)6(2)10-5/h5,12H,4H2,1-3H3/t5-/m1/s1. The van der Waals surface area contributed by atoms with Gasteiger partial charge in [-0.25, -0.2) is 0 Å². The molecule has 0 amide bonds. The monoisotopic (exact) mass is 167 g/mol. The fourth-order valence-electron chi connectivity index (χ4n) is 1.49. The van der Waals surface area contributed by atoms with Crippen LogP contribution in [-0.4, -0.2) is 22.6 Å². The molecule has 66 valence electrons. The van der Waals surface area contributed by atoms with Crippen molar-refractivity contribution in [3.8, 4) is 0 Å². The van der Waals surface area contributed by atoms with Crippen molar-refractivity contribution in [3.63, 3.8) is 0 Å². The number of hydrogen-bond donors (Lipinski definition) is 1. The largest absolute Gasteiger partial charge is 0.511 e. The van der Waals surface area contributed by atoms with Crippen LogP contribution < -0.4 is 0 Å². The van der Waals surface area contributed by atoms with Crippen LogP contribution in [0.15, 0.2) is 16.3 Å². The van der Waals surface area contributed by atoms with E-state index < -0.39 is 0 Å². The van der Waals surface area contributed by atoms with E-state index in [1.54, 1.807) is 6.92 Å². The quantitative estimate of drug-likeness (QED) is 0.645. The van der Waals surface area contributed by atoms with Gasteiger partial charge in [-0.2, -0.15) is 0 Å². The van der Waals surface area contributed by atoms with Crippen LogP contribution in [0.2, 0.25) is 0 Å². The van der Waals surface area contributed by atoms with E-state index in [1.807, 2.05) is 6.92 Å². The van der Waals surface area contributed by atoms with E-state index in [9.17, 15) is 9.90 Å². The van der Waals surface area contributed by atoms with E-state index >= 15 is 0 Å². The first-order chi connectivity index (χ1) is 5.52. The smallest absolute Gasteiger partial charge is 0.164 e. The first kappa shape index (κ1) is 8.97. The van der Waals surface area contributed by atoms with Gasteiger partial charge in [-0.3, -0.25) is 9.79 Å². The van der Waals surface area contributed by atoms with Crippen molar-refractivity contribution in [1.29, 1.82) is 0 Å². The average molecular weight is 167 g/mol. The van der Waals surface area contributed by atoms with Crippen LogP contribution in [0.1, 0.15) is 27.2 Å². The molecule has 0 bridgehead atoms. The van der Waals surface area contributed by atoms with Crippen molar-refractivity contribution in [2.45, 2.75) is 33.2 Å². The van der Waals surface area contributed by atoms with Crippen molar-refractivity contribution in [2.24, 2.45) is 4.99 Å². The van der Waals surface area contributed by atoms with E-state index in [-0.39, 0.29) is 17.6 Å². The summed E-state index contributed by atoms with van der Waals surface area (Å²) in [5.74, 6) is 0.0724. The maximum absolute atomic E-state index is 11.0. The van der Waals surface area contributed by atoms with Gasteiger partial charge in [0.1, 0.15) is 5.76 Å². The molecule has 0 radical (unpaired) electrons. The Hall–Kier alpha value is -1.12. The Bertz CT molecular complexity index is 276. The molecule has 0 fully saturated rings. The zero-order chi connectivity index (χ0) is 9.30. The maximum Gasteiger partial charge on any atom is 0.164 e. The first-order valence-corrected chi connectivity index (χ1v) is 4.00. The second-order valence-electron chi connectivity index (χ2n) is 3.15. The number of nitrogens with zero attached hydrogens (tertiary/aromatic N) is 1. The number of hydrogen-bond acceptors (Lipinski definition) is 3. The number of aliphatic hydroxyl groups is 1. The van der Waals surface area contributed by atoms with E-state index in [0.717, 1.165) is 0 Å². The summed E-state index contributed by atoms with van der Waals surface area (Å²) in [6.07, 6.45) is 0.478. The Kier molecular flexibility index (Phi) is 2.31. The van der Waals surface area contributed by atoms with Gasteiger partial charge in [-0.15, -0.1) is 0 Å². The van der Waals surface area contributed by atoms with Crippen molar-refractivity contribution in [3.05, 3.63) is 11.3 Å². The van der Waals surface area contributed by atoms with E-state index in [0.29, 0.717) is 17.7 Å². The highest BCUT2D eigenvalue weighted by Gasteiger charge is 2.20. The summed E-state index contributed by atoms with van der Waals surface area (Å²) in [4.78, 5) is 15.2. The fraction of sp³-hybridized carbons (Fsp3) is 0.556. The molecule has 0 aromatic rings. The second-order valence-corrected chi connectivity index (χ2v) is 3.15. The van der Waals surface area contributed by atoms with Crippen LogP contribution in [0, 0.1) is 0 Å². The van der Waals surface area contributed by atoms with Gasteiger partial charge in [0, 0.05) is 12.1 Å². The average Bonchev–Trinajstić information content (AvgIpc) is 1.82. The lowest BCUT2D eigenvalue weighted by molar-refractivity contribution is -0.113. The van der Waals surface area contributed by atoms with Crippen LogP contribution in [0.4, 0.5) is 0 Å². The van der Waals surface area contributed by atoms with Crippen LogP contribution in [0.3, 0.4) is 0 Å². The number of rotatable bonds is 1. The number of ketones is 1. The van der Waals surface area contributed by atoms with Gasteiger partial charge < -0.3 is 5.11 Å². The molecule has 3 heteroatoms. The van der Waals surface area contributed by atoms with Gasteiger partial charge in [0.15, 0.2) is 5.78 Å². The van der Waals surface area contributed by atoms with E-state index in [1.165, 1.54) is 6.92 Å². The zero-order valence-electron chi connectivity index (χ0n) is 7.59. The number of aliphatic hydroxyl groups excluding tert-OH is 1. The predicted molar refractivity (Wildman–Crippen MR) is 47.5 cm³/mol. The molecular weight excluding hydrogens is 154 g/mol. The van der Waals surface area contributed by atoms with Crippen LogP contribution in [0.25, 0.3) is 0 Å². The minimum atomic E-state index is -0.111. The Morgan fingerprint density at radius 1 is 1.67 bits per heavy atom. The van der Waals surface area contributed by atoms with Crippen LogP contribution in [0.5, 0.6) is 0 Å². The summed E-state index contributed by atoms with van der Waals surface area (Å²) in [7, 11) is 0. The molecule has 1 rings (SSSR count). The third kappa shape index (κ3) is 1.55. The molecule has 3 nitrogen and oxygen atoms in total. The second kappa shape index (κ2) is 3.09. The SMILES string of the molecule is CC(=O)C1=C(O)C[C@@H](C)N=C1C. The number of carbonyl (C=O) groups excluding carboxylic acids is 1. The topological polar surface area (TPSA) is 49.7 Å². The maximum atomic E-state index is 11.0.